The Balaban J connectivity index is 1.61. The van der Waals surface area contributed by atoms with Gasteiger partial charge in [-0.3, -0.25) is 28.0 Å². The number of carbonyl (C=O) groups is 1. The molecule has 210 valence electrons. The molecular weight excluding hydrogens is 554 g/mol. The van der Waals surface area contributed by atoms with Crippen LogP contribution in [0, 0.1) is 6.92 Å². The summed E-state index contributed by atoms with van der Waals surface area (Å²) in [7, 11) is -11.8. The maximum atomic E-state index is 12.0. The van der Waals surface area contributed by atoms with Crippen LogP contribution in [-0.2, 0) is 36.8 Å². The van der Waals surface area contributed by atoms with Gasteiger partial charge in [-0.15, -0.1) is 0 Å². The minimum atomic E-state index is -6.00. The Kier molecular flexibility index (Phi) is 8.93. The third kappa shape index (κ3) is 6.98. The van der Waals surface area contributed by atoms with Crippen molar-refractivity contribution in [3.63, 3.8) is 0 Å². The molecule has 0 aliphatic carbocycles. The van der Waals surface area contributed by atoms with Crippen molar-refractivity contribution in [2.75, 3.05) is 6.61 Å². The Morgan fingerprint density at radius 1 is 1.14 bits per heavy atom. The number of carboxylic acid groups (broad SMARTS) is 1. The number of aromatic amines is 1. The molecule has 10 atom stereocenters. The fourth-order valence-corrected chi connectivity index (χ4v) is 5.50. The Morgan fingerprint density at radius 2 is 1.78 bits per heavy atom. The lowest BCUT2D eigenvalue weighted by Crippen LogP contribution is -2.62. The molecule has 3 unspecified atom stereocenters. The van der Waals surface area contributed by atoms with E-state index in [1.54, 1.807) is 0 Å². The molecule has 0 saturated carbocycles. The van der Waals surface area contributed by atoms with Crippen LogP contribution in [0.15, 0.2) is 15.8 Å². The van der Waals surface area contributed by atoms with Crippen molar-refractivity contribution in [3.05, 3.63) is 32.6 Å². The van der Waals surface area contributed by atoms with Crippen LogP contribution < -0.4 is 26.1 Å². The maximum Gasteiger partial charge on any atom is 0.330 e. The van der Waals surface area contributed by atoms with E-state index in [0.717, 1.165) is 10.8 Å². The Morgan fingerprint density at radius 3 is 2.41 bits per heavy atom. The van der Waals surface area contributed by atoms with Gasteiger partial charge in [-0.2, -0.15) is 0 Å². The predicted molar refractivity (Wildman–Crippen MR) is 106 cm³/mol. The highest BCUT2D eigenvalue weighted by Gasteiger charge is 2.46. The van der Waals surface area contributed by atoms with Gasteiger partial charge in [-0.1, -0.05) is 0 Å². The van der Waals surface area contributed by atoms with Crippen LogP contribution in [0.4, 0.5) is 0 Å². The number of aliphatic hydroxyl groups is 4. The van der Waals surface area contributed by atoms with Crippen LogP contribution in [0.25, 0.3) is 0 Å². The second-order valence-electron chi connectivity index (χ2n) is 8.00. The molecule has 5 N–H and O–H groups in total. The number of phosphoric ester groups is 2. The molecule has 0 radical (unpaired) electrons. The quantitative estimate of drug-likeness (QED) is 0.171. The summed E-state index contributed by atoms with van der Waals surface area (Å²) in [6, 6.07) is 0. The molecule has 0 aromatic carbocycles. The zero-order chi connectivity index (χ0) is 27.9. The number of rotatable bonds is 9. The number of aliphatic carboxylic acids is 1. The second-order valence-corrected chi connectivity index (χ2v) is 10.9. The number of H-pyrrole nitrogens is 1. The summed E-state index contributed by atoms with van der Waals surface area (Å²) >= 11 is 0. The number of carbonyl (C=O) groups excluding carboxylic acids is 1. The van der Waals surface area contributed by atoms with E-state index in [4.69, 9.17) is 4.74 Å². The van der Waals surface area contributed by atoms with Crippen molar-refractivity contribution in [1.29, 1.82) is 0 Å². The Bertz CT molecular complexity index is 1220. The summed E-state index contributed by atoms with van der Waals surface area (Å²) in [6.45, 7) is 0.393. The minimum Gasteiger partial charge on any atom is -0.756 e. The number of aryl methyl sites for hydroxylation is 1. The van der Waals surface area contributed by atoms with Crippen LogP contribution in [0.5, 0.6) is 0 Å². The summed E-state index contributed by atoms with van der Waals surface area (Å²) < 4.78 is 47.2. The van der Waals surface area contributed by atoms with Crippen LogP contribution in [0.2, 0.25) is 0 Å². The molecule has 21 heteroatoms. The summed E-state index contributed by atoms with van der Waals surface area (Å²) in [5.74, 6) is -2.11. The number of aromatic nitrogens is 2. The van der Waals surface area contributed by atoms with Gasteiger partial charge in [0.1, 0.15) is 36.7 Å². The number of nitrogens with zero attached hydrogens (tertiary/aromatic N) is 1. The lowest BCUT2D eigenvalue weighted by atomic mass is 9.99. The SMILES string of the molecule is Cc1cn([C@H]2C[C@H](O)[C@@H](COP(=O)([O-])OP(=O)([O-])OC3O[C@H](C(=O)[O-])[C@H](O)[C@H](O)[C@H]3O)O2)c(=O)[nH]c1=O. The fraction of sp³-hybridized carbons (Fsp3) is 0.688. The van der Waals surface area contributed by atoms with Crippen molar-refractivity contribution >= 4 is 21.6 Å². The van der Waals surface area contributed by atoms with Crippen LogP contribution in [0.1, 0.15) is 18.2 Å². The smallest absolute Gasteiger partial charge is 0.330 e. The first-order valence-corrected chi connectivity index (χ1v) is 13.2. The molecule has 1 aromatic heterocycles. The first-order chi connectivity index (χ1) is 17.0. The Hall–Kier alpha value is -1.83. The average Bonchev–Trinajstić information content (AvgIpc) is 3.14. The van der Waals surface area contributed by atoms with Crippen molar-refractivity contribution in [2.24, 2.45) is 0 Å². The van der Waals surface area contributed by atoms with Crippen molar-refractivity contribution in [3.8, 4) is 0 Å². The highest BCUT2D eigenvalue weighted by molar-refractivity contribution is 7.59. The second kappa shape index (κ2) is 11.1. The lowest BCUT2D eigenvalue weighted by Gasteiger charge is -2.42. The van der Waals surface area contributed by atoms with Gasteiger partial charge in [0.05, 0.1) is 18.7 Å². The number of phosphoric acid groups is 2. The number of ether oxygens (including phenoxy) is 2. The predicted octanol–water partition coefficient (Wildman–Crippen LogP) is -5.96. The normalized spacial score (nSPS) is 35.5. The Labute approximate surface area is 205 Å². The molecule has 37 heavy (non-hydrogen) atoms. The zero-order valence-electron chi connectivity index (χ0n) is 18.5. The van der Waals surface area contributed by atoms with Gasteiger partial charge in [0.2, 0.25) is 0 Å². The average molecular weight is 575 g/mol. The van der Waals surface area contributed by atoms with Gasteiger partial charge in [0, 0.05) is 18.2 Å². The highest BCUT2D eigenvalue weighted by Crippen LogP contribution is 2.57. The topological polar surface area (TPSA) is 302 Å². The molecule has 2 saturated heterocycles. The zero-order valence-corrected chi connectivity index (χ0v) is 20.3. The van der Waals surface area contributed by atoms with E-state index in [9.17, 15) is 58.8 Å². The standard InChI is InChI=1S/C16H24N2O17P2/c1-5-3-18(16(26)17-13(5)23)8-2-6(19)7(32-8)4-31-36(27,28)35-37(29,30)34-15-11(22)9(20)10(21)12(33-15)14(24)25/h3,6-12,15,19-22H,2,4H2,1H3,(H,24,25)(H,27,28)(H,29,30)(H,17,23,26)/p-3/t6-,7+,8+,9-,10+,11+,12-,15?/m0/s1. The van der Waals surface area contributed by atoms with Gasteiger partial charge in [0.15, 0.2) is 6.29 Å². The van der Waals surface area contributed by atoms with Gasteiger partial charge in [-0.05, 0) is 6.92 Å². The number of hydrogen-bond acceptors (Lipinski definition) is 17. The van der Waals surface area contributed by atoms with Gasteiger partial charge >= 0.3 is 5.69 Å². The van der Waals surface area contributed by atoms with Crippen molar-refractivity contribution in [2.45, 2.75) is 62.5 Å². The van der Waals surface area contributed by atoms with Crippen molar-refractivity contribution < 1.29 is 72.1 Å². The van der Waals surface area contributed by atoms with E-state index >= 15 is 0 Å². The summed E-state index contributed by atoms with van der Waals surface area (Å²) in [5.41, 5.74) is -1.39. The van der Waals surface area contributed by atoms with E-state index in [1.807, 2.05) is 4.98 Å². The summed E-state index contributed by atoms with van der Waals surface area (Å²) in [6.07, 6.45) is -14.8. The fourth-order valence-electron chi connectivity index (χ4n) is 3.42. The van der Waals surface area contributed by atoms with Crippen LogP contribution in [-0.4, -0.2) is 85.5 Å². The number of nitrogens with one attached hydrogen (secondary N) is 1. The van der Waals surface area contributed by atoms with E-state index in [1.165, 1.54) is 6.92 Å². The molecule has 0 spiro atoms. The molecule has 0 bridgehead atoms. The molecule has 3 heterocycles. The van der Waals surface area contributed by atoms with Crippen LogP contribution >= 0.6 is 15.6 Å². The first kappa shape index (κ1) is 29.7. The summed E-state index contributed by atoms with van der Waals surface area (Å²) in [5, 5.41) is 50.0. The van der Waals surface area contributed by atoms with Gasteiger partial charge < -0.3 is 54.1 Å². The molecule has 1 aromatic rings. The first-order valence-electron chi connectivity index (χ1n) is 10.2. The number of aliphatic hydroxyl groups excluding tert-OH is 4. The monoisotopic (exact) mass is 575 g/mol. The van der Waals surface area contributed by atoms with Crippen LogP contribution in [0.3, 0.4) is 0 Å². The van der Waals surface area contributed by atoms with Crippen molar-refractivity contribution in [1.82, 2.24) is 9.55 Å². The van der Waals surface area contributed by atoms with E-state index in [-0.39, 0.29) is 12.0 Å². The molecule has 19 nitrogen and oxygen atoms in total. The maximum absolute atomic E-state index is 12.0. The number of carboxylic acids is 1. The minimum absolute atomic E-state index is 0.140. The molecule has 2 fully saturated rings. The van der Waals surface area contributed by atoms with Gasteiger partial charge in [-0.25, -0.2) is 9.11 Å². The van der Waals surface area contributed by atoms with Gasteiger partial charge in [0.25, 0.3) is 21.2 Å². The molecular formula is C16H21N2O17P2-3. The molecule has 2 aliphatic heterocycles. The number of hydrogen-bond donors (Lipinski definition) is 5. The third-order valence-corrected chi connectivity index (χ3v) is 7.82. The van der Waals surface area contributed by atoms with E-state index in [0.29, 0.717) is 0 Å². The lowest BCUT2D eigenvalue weighted by molar-refractivity contribution is -0.348. The highest BCUT2D eigenvalue weighted by atomic mass is 31.3. The van der Waals surface area contributed by atoms with E-state index < -0.39 is 88.6 Å². The molecule has 2 aliphatic rings. The molecule has 3 rings (SSSR count). The molecule has 0 amide bonds. The summed E-state index contributed by atoms with van der Waals surface area (Å²) in [4.78, 5) is 60.5. The van der Waals surface area contributed by atoms with E-state index in [2.05, 4.69) is 18.1 Å². The largest absolute Gasteiger partial charge is 0.756 e. The third-order valence-electron chi connectivity index (χ3n) is 5.29.